The molecule has 3 rings (SSSR count). The van der Waals surface area contributed by atoms with Crippen molar-refractivity contribution in [2.45, 2.75) is 31.0 Å². The summed E-state index contributed by atoms with van der Waals surface area (Å²) in [7, 11) is 0. The number of hydrogen-bond acceptors (Lipinski definition) is 5. The molecule has 0 spiro atoms. The Balaban J connectivity index is 1.76. The second-order valence-electron chi connectivity index (χ2n) is 5.50. The summed E-state index contributed by atoms with van der Waals surface area (Å²) in [5.74, 6) is 0.0540. The maximum atomic E-state index is 12.4. The molecule has 0 aromatic carbocycles. The van der Waals surface area contributed by atoms with Gasteiger partial charge in [-0.1, -0.05) is 11.6 Å². The van der Waals surface area contributed by atoms with Crippen molar-refractivity contribution in [2.75, 3.05) is 26.3 Å². The van der Waals surface area contributed by atoms with Crippen LogP contribution >= 0.6 is 22.9 Å². The van der Waals surface area contributed by atoms with E-state index >= 15 is 0 Å². The van der Waals surface area contributed by atoms with E-state index < -0.39 is 0 Å². The lowest BCUT2D eigenvalue weighted by Gasteiger charge is -2.39. The van der Waals surface area contributed by atoms with Crippen LogP contribution in [0.2, 0.25) is 4.34 Å². The van der Waals surface area contributed by atoms with Gasteiger partial charge in [0.1, 0.15) is 6.04 Å². The molecule has 1 aromatic rings. The van der Waals surface area contributed by atoms with Gasteiger partial charge in [-0.3, -0.25) is 9.69 Å². The SMILES string of the molecule is NCC(c1ccc(Cl)s1)N1CCOCC1C(=O)NC1CC1. The van der Waals surface area contributed by atoms with Gasteiger partial charge in [0.25, 0.3) is 0 Å². The summed E-state index contributed by atoms with van der Waals surface area (Å²) in [5.41, 5.74) is 5.97. The Kier molecular flexibility index (Phi) is 4.81. The molecule has 2 fully saturated rings. The predicted molar refractivity (Wildman–Crippen MR) is 83.6 cm³/mol. The molecule has 7 heteroatoms. The highest BCUT2D eigenvalue weighted by molar-refractivity contribution is 7.16. The lowest BCUT2D eigenvalue weighted by atomic mass is 10.1. The molecule has 3 N–H and O–H groups in total. The van der Waals surface area contributed by atoms with Gasteiger partial charge >= 0.3 is 0 Å². The molecule has 0 bridgehead atoms. The maximum Gasteiger partial charge on any atom is 0.239 e. The van der Waals surface area contributed by atoms with E-state index in [9.17, 15) is 4.79 Å². The van der Waals surface area contributed by atoms with E-state index in [1.54, 1.807) is 0 Å². The second kappa shape index (κ2) is 6.62. The number of halogens is 1. The number of morpholine rings is 1. The van der Waals surface area contributed by atoms with E-state index in [1.165, 1.54) is 11.3 Å². The Morgan fingerprint density at radius 1 is 1.57 bits per heavy atom. The molecule has 2 aliphatic rings. The number of nitrogens with two attached hydrogens (primary N) is 1. The van der Waals surface area contributed by atoms with Gasteiger partial charge < -0.3 is 15.8 Å². The van der Waals surface area contributed by atoms with Crippen molar-refractivity contribution in [3.05, 3.63) is 21.3 Å². The first-order chi connectivity index (χ1) is 10.2. The van der Waals surface area contributed by atoms with Gasteiger partial charge in [-0.15, -0.1) is 11.3 Å². The van der Waals surface area contributed by atoms with Crippen molar-refractivity contribution in [1.82, 2.24) is 10.2 Å². The van der Waals surface area contributed by atoms with Crippen molar-refractivity contribution in [2.24, 2.45) is 5.73 Å². The maximum absolute atomic E-state index is 12.4. The van der Waals surface area contributed by atoms with E-state index in [2.05, 4.69) is 10.2 Å². The average Bonchev–Trinajstić information content (AvgIpc) is 3.20. The number of amides is 1. The number of nitrogens with one attached hydrogen (secondary N) is 1. The zero-order valence-corrected chi connectivity index (χ0v) is 13.3. The third kappa shape index (κ3) is 3.57. The van der Waals surface area contributed by atoms with Crippen molar-refractivity contribution in [3.8, 4) is 0 Å². The minimum atomic E-state index is -0.270. The zero-order chi connectivity index (χ0) is 14.8. The standard InChI is InChI=1S/C14H20ClN3O2S/c15-13-4-3-12(21-13)10(7-16)18-5-6-20-8-11(18)14(19)17-9-1-2-9/h3-4,9-11H,1-2,5-8,16H2,(H,17,19). The van der Waals surface area contributed by atoms with Gasteiger partial charge in [0.05, 0.1) is 23.6 Å². The number of carbonyl (C=O) groups is 1. The number of rotatable bonds is 5. The van der Waals surface area contributed by atoms with Gasteiger partial charge in [0.2, 0.25) is 5.91 Å². The molecule has 5 nitrogen and oxygen atoms in total. The largest absolute Gasteiger partial charge is 0.378 e. The first-order valence-electron chi connectivity index (χ1n) is 7.28. The van der Waals surface area contributed by atoms with Crippen LogP contribution in [-0.2, 0) is 9.53 Å². The van der Waals surface area contributed by atoms with Crippen molar-refractivity contribution < 1.29 is 9.53 Å². The number of nitrogens with zero attached hydrogens (tertiary/aromatic N) is 1. The molecule has 2 heterocycles. The van der Waals surface area contributed by atoms with E-state index in [1.807, 2.05) is 12.1 Å². The van der Waals surface area contributed by atoms with Gasteiger partial charge in [-0.05, 0) is 25.0 Å². The molecular weight excluding hydrogens is 310 g/mol. The van der Waals surface area contributed by atoms with Crippen LogP contribution in [0.15, 0.2) is 12.1 Å². The smallest absolute Gasteiger partial charge is 0.239 e. The molecule has 2 unspecified atom stereocenters. The third-order valence-electron chi connectivity index (χ3n) is 3.94. The van der Waals surface area contributed by atoms with Crippen LogP contribution in [0.25, 0.3) is 0 Å². The fraction of sp³-hybridized carbons (Fsp3) is 0.643. The topological polar surface area (TPSA) is 67.6 Å². The fourth-order valence-electron chi connectivity index (χ4n) is 2.66. The van der Waals surface area contributed by atoms with Gasteiger partial charge in [-0.25, -0.2) is 0 Å². The molecule has 1 saturated carbocycles. The Bertz CT molecular complexity index is 506. The number of carbonyl (C=O) groups excluding carboxylic acids is 1. The van der Waals surface area contributed by atoms with Gasteiger partial charge in [0.15, 0.2) is 0 Å². The highest BCUT2D eigenvalue weighted by Gasteiger charge is 2.37. The summed E-state index contributed by atoms with van der Waals surface area (Å²) in [5, 5.41) is 3.07. The van der Waals surface area contributed by atoms with E-state index in [-0.39, 0.29) is 18.0 Å². The summed E-state index contributed by atoms with van der Waals surface area (Å²) in [4.78, 5) is 15.7. The van der Waals surface area contributed by atoms with Crippen LogP contribution in [0.3, 0.4) is 0 Å². The molecule has 1 amide bonds. The fourth-order valence-corrected chi connectivity index (χ4v) is 3.86. The molecule has 116 valence electrons. The van der Waals surface area contributed by atoms with E-state index in [0.717, 1.165) is 22.1 Å². The van der Waals surface area contributed by atoms with Crippen LogP contribution < -0.4 is 11.1 Å². The van der Waals surface area contributed by atoms with Crippen molar-refractivity contribution in [3.63, 3.8) is 0 Å². The molecule has 1 aromatic heterocycles. The predicted octanol–water partition coefficient (Wildman–Crippen LogP) is 1.38. The summed E-state index contributed by atoms with van der Waals surface area (Å²) in [6.07, 6.45) is 2.17. The van der Waals surface area contributed by atoms with Gasteiger partial charge in [0, 0.05) is 24.0 Å². The van der Waals surface area contributed by atoms with Crippen LogP contribution in [-0.4, -0.2) is 49.2 Å². The molecule has 21 heavy (non-hydrogen) atoms. The number of hydrogen-bond donors (Lipinski definition) is 2. The van der Waals surface area contributed by atoms with E-state index in [4.69, 9.17) is 22.1 Å². The lowest BCUT2D eigenvalue weighted by molar-refractivity contribution is -0.134. The zero-order valence-electron chi connectivity index (χ0n) is 11.8. The molecule has 1 aliphatic carbocycles. The van der Waals surface area contributed by atoms with Crippen molar-refractivity contribution >= 4 is 28.8 Å². The first-order valence-corrected chi connectivity index (χ1v) is 8.47. The summed E-state index contributed by atoms with van der Waals surface area (Å²) < 4.78 is 6.25. The summed E-state index contributed by atoms with van der Waals surface area (Å²) in [6, 6.07) is 3.98. The molecule has 2 atom stereocenters. The summed E-state index contributed by atoms with van der Waals surface area (Å²) >= 11 is 7.56. The van der Waals surface area contributed by atoms with Crippen LogP contribution in [0.5, 0.6) is 0 Å². The Morgan fingerprint density at radius 3 is 3.00 bits per heavy atom. The Labute approximate surface area is 133 Å². The van der Waals surface area contributed by atoms with E-state index in [0.29, 0.717) is 32.3 Å². The van der Waals surface area contributed by atoms with Crippen molar-refractivity contribution in [1.29, 1.82) is 0 Å². The Morgan fingerprint density at radius 2 is 2.38 bits per heavy atom. The minimum Gasteiger partial charge on any atom is -0.378 e. The minimum absolute atomic E-state index is 0.0151. The van der Waals surface area contributed by atoms with Gasteiger partial charge in [-0.2, -0.15) is 0 Å². The molecule has 0 radical (unpaired) electrons. The lowest BCUT2D eigenvalue weighted by Crippen LogP contribution is -2.56. The Hall–Kier alpha value is -0.660. The average molecular weight is 330 g/mol. The normalized spacial score (nSPS) is 24.8. The summed E-state index contributed by atoms with van der Waals surface area (Å²) in [6.45, 7) is 2.22. The highest BCUT2D eigenvalue weighted by Crippen LogP contribution is 2.32. The first kappa shape index (κ1) is 15.2. The van der Waals surface area contributed by atoms with Crippen LogP contribution in [0, 0.1) is 0 Å². The highest BCUT2D eigenvalue weighted by atomic mass is 35.5. The molecule has 1 aliphatic heterocycles. The molecule has 1 saturated heterocycles. The van der Waals surface area contributed by atoms with Crippen LogP contribution in [0.4, 0.5) is 0 Å². The monoisotopic (exact) mass is 329 g/mol. The molecular formula is C14H20ClN3O2S. The quantitative estimate of drug-likeness (QED) is 0.856. The number of thiophene rings is 1. The second-order valence-corrected chi connectivity index (χ2v) is 7.25. The number of ether oxygens (including phenoxy) is 1. The third-order valence-corrected chi connectivity index (χ3v) is 5.27. The van der Waals surface area contributed by atoms with Crippen LogP contribution in [0.1, 0.15) is 23.8 Å².